The fraction of sp³-hybridized carbons (Fsp3) is 0.333. The second kappa shape index (κ2) is 9.80. The predicted octanol–water partition coefficient (Wildman–Crippen LogP) is 1.90. The van der Waals surface area contributed by atoms with Crippen LogP contribution in [0.4, 0.5) is 5.69 Å². The summed E-state index contributed by atoms with van der Waals surface area (Å²) in [6.45, 7) is 3.31. The first-order valence-electron chi connectivity index (χ1n) is 9.65. The van der Waals surface area contributed by atoms with Crippen LogP contribution in [-0.2, 0) is 24.3 Å². The number of rotatable bonds is 7. The Morgan fingerprint density at radius 1 is 1.06 bits per heavy atom. The zero-order chi connectivity index (χ0) is 22.4. The van der Waals surface area contributed by atoms with Crippen LogP contribution in [-0.4, -0.2) is 64.7 Å². The van der Waals surface area contributed by atoms with Gasteiger partial charge in [-0.1, -0.05) is 12.1 Å². The molecular weight excluding hydrogens is 424 g/mol. The average Bonchev–Trinajstić information content (AvgIpc) is 2.79. The first-order valence-corrected chi connectivity index (χ1v) is 11.1. The smallest absolute Gasteiger partial charge is 0.338 e. The molecule has 1 aliphatic rings. The van der Waals surface area contributed by atoms with Crippen LogP contribution in [0, 0.1) is 0 Å². The SMILES string of the molecule is COc1ccccc1NS(=O)(=O)c1ccc(C(=O)OC(C)C(=O)N2CCOCC2)cc1. The Bertz CT molecular complexity index is 1030. The van der Waals surface area contributed by atoms with E-state index in [-0.39, 0.29) is 16.4 Å². The van der Waals surface area contributed by atoms with Crippen molar-refractivity contribution in [2.75, 3.05) is 38.1 Å². The summed E-state index contributed by atoms with van der Waals surface area (Å²) in [5.41, 5.74) is 0.432. The van der Waals surface area contributed by atoms with E-state index in [2.05, 4.69) is 4.72 Å². The number of amides is 1. The van der Waals surface area contributed by atoms with Crippen molar-refractivity contribution >= 4 is 27.6 Å². The molecule has 1 N–H and O–H groups in total. The van der Waals surface area contributed by atoms with Crippen LogP contribution >= 0.6 is 0 Å². The van der Waals surface area contributed by atoms with Gasteiger partial charge in [0.15, 0.2) is 6.10 Å². The number of benzene rings is 2. The molecule has 10 heteroatoms. The van der Waals surface area contributed by atoms with Crippen molar-refractivity contribution in [1.82, 2.24) is 4.90 Å². The van der Waals surface area contributed by atoms with Gasteiger partial charge in [0.25, 0.3) is 15.9 Å². The summed E-state index contributed by atoms with van der Waals surface area (Å²) in [6, 6.07) is 11.9. The monoisotopic (exact) mass is 448 g/mol. The van der Waals surface area contributed by atoms with Gasteiger partial charge < -0.3 is 19.1 Å². The highest BCUT2D eigenvalue weighted by molar-refractivity contribution is 7.92. The number of nitrogens with zero attached hydrogens (tertiary/aromatic N) is 1. The number of carbonyl (C=O) groups excluding carboxylic acids is 2. The molecule has 3 rings (SSSR count). The molecule has 0 aliphatic carbocycles. The van der Waals surface area contributed by atoms with Gasteiger partial charge in [0.1, 0.15) is 5.75 Å². The van der Waals surface area contributed by atoms with Crippen molar-refractivity contribution in [3.63, 3.8) is 0 Å². The van der Waals surface area contributed by atoms with Crippen LogP contribution in [0.1, 0.15) is 17.3 Å². The Morgan fingerprint density at radius 2 is 1.71 bits per heavy atom. The van der Waals surface area contributed by atoms with Gasteiger partial charge in [0.2, 0.25) is 0 Å². The maximum atomic E-state index is 12.6. The summed E-state index contributed by atoms with van der Waals surface area (Å²) in [4.78, 5) is 26.3. The molecule has 1 unspecified atom stereocenters. The molecule has 0 bridgehead atoms. The minimum absolute atomic E-state index is 0.0348. The van der Waals surface area contributed by atoms with E-state index in [0.717, 1.165) is 0 Å². The highest BCUT2D eigenvalue weighted by Gasteiger charge is 2.26. The Hall–Kier alpha value is -3.11. The zero-order valence-corrected chi connectivity index (χ0v) is 18.1. The van der Waals surface area contributed by atoms with Crippen LogP contribution < -0.4 is 9.46 Å². The molecule has 166 valence electrons. The quantitative estimate of drug-likeness (QED) is 0.644. The van der Waals surface area contributed by atoms with Crippen molar-refractivity contribution in [3.8, 4) is 5.75 Å². The summed E-state index contributed by atoms with van der Waals surface area (Å²) in [5, 5.41) is 0. The molecule has 31 heavy (non-hydrogen) atoms. The second-order valence-electron chi connectivity index (χ2n) is 6.82. The number of hydrogen-bond acceptors (Lipinski definition) is 7. The minimum atomic E-state index is -3.89. The molecule has 2 aromatic carbocycles. The van der Waals surface area contributed by atoms with E-state index >= 15 is 0 Å². The number of sulfonamides is 1. The highest BCUT2D eigenvalue weighted by Crippen LogP contribution is 2.26. The number of nitrogens with one attached hydrogen (secondary N) is 1. The fourth-order valence-corrected chi connectivity index (χ4v) is 4.09. The van der Waals surface area contributed by atoms with Crippen LogP contribution in [0.5, 0.6) is 5.75 Å². The summed E-state index contributed by atoms with van der Waals surface area (Å²) in [7, 11) is -2.45. The molecular formula is C21H24N2O7S. The maximum Gasteiger partial charge on any atom is 0.338 e. The molecule has 1 aliphatic heterocycles. The maximum absolute atomic E-state index is 12.6. The van der Waals surface area contributed by atoms with E-state index in [1.54, 1.807) is 29.2 Å². The number of anilines is 1. The third-order valence-electron chi connectivity index (χ3n) is 4.71. The van der Waals surface area contributed by atoms with Gasteiger partial charge in [-0.15, -0.1) is 0 Å². The van der Waals surface area contributed by atoms with Crippen LogP contribution in [0.15, 0.2) is 53.4 Å². The number of carbonyl (C=O) groups is 2. The number of methoxy groups -OCH3 is 1. The largest absolute Gasteiger partial charge is 0.495 e. The number of esters is 1. The molecule has 0 aromatic heterocycles. The van der Waals surface area contributed by atoms with E-state index in [0.29, 0.717) is 37.7 Å². The molecule has 0 spiro atoms. The first-order chi connectivity index (χ1) is 14.8. The summed E-state index contributed by atoms with van der Waals surface area (Å²) in [5.74, 6) is -0.627. The molecule has 1 fully saturated rings. The van der Waals surface area contributed by atoms with Crippen LogP contribution in [0.2, 0.25) is 0 Å². The summed E-state index contributed by atoms with van der Waals surface area (Å²) < 4.78 is 43.4. The third-order valence-corrected chi connectivity index (χ3v) is 6.09. The van der Waals surface area contributed by atoms with Gasteiger partial charge in [-0.2, -0.15) is 0 Å². The first kappa shape index (κ1) is 22.6. The van der Waals surface area contributed by atoms with Gasteiger partial charge in [0.05, 0.1) is 36.5 Å². The van der Waals surface area contributed by atoms with Crippen molar-refractivity contribution in [2.24, 2.45) is 0 Å². The van der Waals surface area contributed by atoms with Gasteiger partial charge in [-0.25, -0.2) is 13.2 Å². The normalized spacial score (nSPS) is 15.1. The van der Waals surface area contributed by atoms with Gasteiger partial charge in [-0.3, -0.25) is 9.52 Å². The molecule has 9 nitrogen and oxygen atoms in total. The van der Waals surface area contributed by atoms with Crippen LogP contribution in [0.3, 0.4) is 0 Å². The lowest BCUT2D eigenvalue weighted by Crippen LogP contribution is -2.46. The lowest BCUT2D eigenvalue weighted by molar-refractivity contribution is -0.143. The van der Waals surface area contributed by atoms with Crippen molar-refractivity contribution in [1.29, 1.82) is 0 Å². The van der Waals surface area contributed by atoms with E-state index in [4.69, 9.17) is 14.2 Å². The van der Waals surface area contributed by atoms with Crippen molar-refractivity contribution in [3.05, 3.63) is 54.1 Å². The lowest BCUT2D eigenvalue weighted by Gasteiger charge is -2.28. The van der Waals surface area contributed by atoms with Gasteiger partial charge in [-0.05, 0) is 43.3 Å². The number of morpholine rings is 1. The van der Waals surface area contributed by atoms with Gasteiger partial charge >= 0.3 is 5.97 Å². The standard InChI is InChI=1S/C21H24N2O7S/c1-15(20(24)23-11-13-29-14-12-23)30-21(25)16-7-9-17(10-8-16)31(26,27)22-18-5-3-4-6-19(18)28-2/h3-10,15,22H,11-14H2,1-2H3. The Kier molecular flexibility index (Phi) is 7.13. The Balaban J connectivity index is 1.66. The Morgan fingerprint density at radius 3 is 2.35 bits per heavy atom. The average molecular weight is 448 g/mol. The van der Waals surface area contributed by atoms with Crippen molar-refractivity contribution in [2.45, 2.75) is 17.9 Å². The molecule has 0 saturated carbocycles. The van der Waals surface area contributed by atoms with E-state index in [1.807, 2.05) is 0 Å². The fourth-order valence-electron chi connectivity index (χ4n) is 3.02. The predicted molar refractivity (Wildman–Crippen MR) is 113 cm³/mol. The van der Waals surface area contributed by atoms with Crippen molar-refractivity contribution < 1.29 is 32.2 Å². The van der Waals surface area contributed by atoms with E-state index in [9.17, 15) is 18.0 Å². The number of hydrogen-bond donors (Lipinski definition) is 1. The van der Waals surface area contributed by atoms with Crippen LogP contribution in [0.25, 0.3) is 0 Å². The van der Waals surface area contributed by atoms with Gasteiger partial charge in [0, 0.05) is 13.1 Å². The lowest BCUT2D eigenvalue weighted by atomic mass is 10.2. The second-order valence-corrected chi connectivity index (χ2v) is 8.50. The zero-order valence-electron chi connectivity index (χ0n) is 17.2. The molecule has 1 amide bonds. The topological polar surface area (TPSA) is 111 Å². The molecule has 1 heterocycles. The van der Waals surface area contributed by atoms with E-state index < -0.39 is 22.1 Å². The Labute approximate surface area is 181 Å². The molecule has 1 saturated heterocycles. The summed E-state index contributed by atoms with van der Waals surface area (Å²) in [6.07, 6.45) is -0.957. The number of ether oxygens (including phenoxy) is 3. The highest BCUT2D eigenvalue weighted by atomic mass is 32.2. The van der Waals surface area contributed by atoms with E-state index in [1.165, 1.54) is 38.3 Å². The molecule has 0 radical (unpaired) electrons. The minimum Gasteiger partial charge on any atom is -0.495 e. The third kappa shape index (κ3) is 5.53. The number of para-hydroxylation sites is 2. The molecule has 1 atom stereocenters. The molecule has 2 aromatic rings. The summed E-state index contributed by atoms with van der Waals surface area (Å²) >= 11 is 0.